The Morgan fingerprint density at radius 1 is 1.69 bits per heavy atom. The van der Waals surface area contributed by atoms with Crippen LogP contribution >= 0.6 is 12.2 Å². The lowest BCUT2D eigenvalue weighted by atomic mass is 10.2. The molecule has 6 heteroatoms. The highest BCUT2D eigenvalue weighted by Crippen LogP contribution is 2.07. The second-order valence-corrected chi connectivity index (χ2v) is 4.41. The summed E-state index contributed by atoms with van der Waals surface area (Å²) in [6, 6.07) is 0.0453. The van der Waals surface area contributed by atoms with Gasteiger partial charge in [-0.25, -0.2) is 4.98 Å². The number of hydrogen-bond acceptors (Lipinski definition) is 3. The van der Waals surface area contributed by atoms with E-state index >= 15 is 0 Å². The van der Waals surface area contributed by atoms with Crippen molar-refractivity contribution in [3.8, 4) is 0 Å². The maximum atomic E-state index is 12.2. The van der Waals surface area contributed by atoms with Gasteiger partial charge in [-0.05, 0) is 13.8 Å². The fraction of sp³-hybridized carbons (Fsp3) is 0.500. The highest BCUT2D eigenvalue weighted by atomic mass is 32.1. The lowest BCUT2D eigenvalue weighted by Crippen LogP contribution is -2.42. The number of aryl methyl sites for hydroxylation is 1. The van der Waals surface area contributed by atoms with Crippen molar-refractivity contribution in [3.63, 3.8) is 0 Å². The Balaban J connectivity index is 2.92. The molecule has 0 aromatic carbocycles. The van der Waals surface area contributed by atoms with Gasteiger partial charge in [0.15, 0.2) is 0 Å². The molecule has 2 N–H and O–H groups in total. The molecule has 0 unspecified atom stereocenters. The van der Waals surface area contributed by atoms with E-state index in [-0.39, 0.29) is 18.5 Å². The summed E-state index contributed by atoms with van der Waals surface area (Å²) in [7, 11) is 1.78. The molecule has 1 heterocycles. The summed E-state index contributed by atoms with van der Waals surface area (Å²) < 4.78 is 1.68. The topological polar surface area (TPSA) is 64.2 Å². The van der Waals surface area contributed by atoms with Crippen molar-refractivity contribution in [1.82, 2.24) is 14.5 Å². The molecule has 0 saturated heterocycles. The van der Waals surface area contributed by atoms with Gasteiger partial charge in [-0.15, -0.1) is 0 Å². The van der Waals surface area contributed by atoms with E-state index < -0.39 is 0 Å². The molecule has 0 aliphatic carbocycles. The molecule has 1 amide bonds. The summed E-state index contributed by atoms with van der Waals surface area (Å²) in [4.78, 5) is 18.0. The first-order chi connectivity index (χ1) is 7.43. The van der Waals surface area contributed by atoms with Crippen LogP contribution < -0.4 is 5.73 Å². The van der Waals surface area contributed by atoms with E-state index in [2.05, 4.69) is 4.98 Å². The molecule has 5 nitrogen and oxygen atoms in total. The fourth-order valence-corrected chi connectivity index (χ4v) is 1.51. The average molecular weight is 240 g/mol. The van der Waals surface area contributed by atoms with Gasteiger partial charge in [0.1, 0.15) is 5.69 Å². The molecule has 0 saturated carbocycles. The first-order valence-corrected chi connectivity index (χ1v) is 5.40. The van der Waals surface area contributed by atoms with Crippen LogP contribution in [0.1, 0.15) is 24.3 Å². The quantitative estimate of drug-likeness (QED) is 0.781. The largest absolute Gasteiger partial charge is 0.392 e. The molecule has 1 aromatic heterocycles. The molecule has 1 aromatic rings. The van der Waals surface area contributed by atoms with Crippen molar-refractivity contribution in [2.75, 3.05) is 6.54 Å². The van der Waals surface area contributed by atoms with E-state index in [0.29, 0.717) is 10.7 Å². The molecule has 0 fully saturated rings. The van der Waals surface area contributed by atoms with Crippen LogP contribution in [0.5, 0.6) is 0 Å². The molecule has 16 heavy (non-hydrogen) atoms. The Hall–Kier alpha value is -1.43. The zero-order chi connectivity index (χ0) is 12.3. The summed E-state index contributed by atoms with van der Waals surface area (Å²) in [5.41, 5.74) is 6.01. The first-order valence-electron chi connectivity index (χ1n) is 4.99. The molecular weight excluding hydrogens is 224 g/mol. The zero-order valence-corrected chi connectivity index (χ0v) is 10.5. The second-order valence-electron chi connectivity index (χ2n) is 3.88. The Labute approximate surface area is 100 Å². The number of nitrogens with zero attached hydrogens (tertiary/aromatic N) is 3. The van der Waals surface area contributed by atoms with E-state index in [1.54, 1.807) is 22.8 Å². The van der Waals surface area contributed by atoms with Crippen LogP contribution in [0, 0.1) is 0 Å². The van der Waals surface area contributed by atoms with E-state index in [9.17, 15) is 4.79 Å². The summed E-state index contributed by atoms with van der Waals surface area (Å²) in [5.74, 6) is -0.109. The van der Waals surface area contributed by atoms with E-state index in [0.717, 1.165) is 0 Å². The number of carbonyl (C=O) groups is 1. The number of hydrogen-bond donors (Lipinski definition) is 1. The smallest absolute Gasteiger partial charge is 0.272 e. The van der Waals surface area contributed by atoms with Crippen LogP contribution in [0.4, 0.5) is 0 Å². The van der Waals surface area contributed by atoms with Crippen LogP contribution in [-0.4, -0.2) is 37.9 Å². The fourth-order valence-electron chi connectivity index (χ4n) is 1.37. The Morgan fingerprint density at radius 2 is 2.31 bits per heavy atom. The number of carbonyl (C=O) groups excluding carboxylic acids is 1. The summed E-state index contributed by atoms with van der Waals surface area (Å²) in [6.07, 6.45) is 3.13. The van der Waals surface area contributed by atoms with Gasteiger partial charge >= 0.3 is 0 Å². The lowest BCUT2D eigenvalue weighted by molar-refractivity contribution is 0.0726. The average Bonchev–Trinajstić information content (AvgIpc) is 2.59. The van der Waals surface area contributed by atoms with Crippen molar-refractivity contribution in [2.24, 2.45) is 12.8 Å². The van der Waals surface area contributed by atoms with Gasteiger partial charge in [-0.3, -0.25) is 4.79 Å². The van der Waals surface area contributed by atoms with E-state index in [1.807, 2.05) is 13.8 Å². The van der Waals surface area contributed by atoms with Crippen LogP contribution in [0.3, 0.4) is 0 Å². The van der Waals surface area contributed by atoms with Gasteiger partial charge in [-0.1, -0.05) is 12.2 Å². The third-order valence-corrected chi connectivity index (χ3v) is 2.38. The van der Waals surface area contributed by atoms with Crippen LogP contribution in [0.15, 0.2) is 12.5 Å². The molecule has 0 radical (unpaired) electrons. The number of thiocarbonyl (C=S) groups is 1. The lowest BCUT2D eigenvalue weighted by Gasteiger charge is -2.26. The highest BCUT2D eigenvalue weighted by molar-refractivity contribution is 7.80. The van der Waals surface area contributed by atoms with Crippen molar-refractivity contribution in [3.05, 3.63) is 18.2 Å². The Bertz CT molecular complexity index is 399. The first kappa shape index (κ1) is 12.6. The van der Waals surface area contributed by atoms with Crippen molar-refractivity contribution < 1.29 is 4.79 Å². The number of rotatable bonds is 4. The van der Waals surface area contributed by atoms with Gasteiger partial charge in [0, 0.05) is 13.1 Å². The summed E-state index contributed by atoms with van der Waals surface area (Å²) in [5, 5.41) is 0. The van der Waals surface area contributed by atoms with Crippen molar-refractivity contribution in [1.29, 1.82) is 0 Å². The van der Waals surface area contributed by atoms with E-state index in [1.165, 1.54) is 6.20 Å². The molecule has 0 aliphatic heterocycles. The van der Waals surface area contributed by atoms with Crippen molar-refractivity contribution in [2.45, 2.75) is 19.9 Å². The molecule has 0 aliphatic rings. The third kappa shape index (κ3) is 2.79. The second kappa shape index (κ2) is 5.07. The van der Waals surface area contributed by atoms with Gasteiger partial charge in [-0.2, -0.15) is 0 Å². The maximum absolute atomic E-state index is 12.2. The predicted octanol–water partition coefficient (Wildman–Crippen LogP) is 0.557. The minimum absolute atomic E-state index is 0.0453. The van der Waals surface area contributed by atoms with Crippen LogP contribution in [-0.2, 0) is 7.05 Å². The zero-order valence-electron chi connectivity index (χ0n) is 9.67. The minimum Gasteiger partial charge on any atom is -0.392 e. The molecule has 1 rings (SSSR count). The Kier molecular flexibility index (Phi) is 4.00. The minimum atomic E-state index is -0.109. The van der Waals surface area contributed by atoms with Gasteiger partial charge in [0.25, 0.3) is 5.91 Å². The van der Waals surface area contributed by atoms with Crippen molar-refractivity contribution >= 4 is 23.1 Å². The highest BCUT2D eigenvalue weighted by Gasteiger charge is 2.21. The number of amides is 1. The van der Waals surface area contributed by atoms with E-state index in [4.69, 9.17) is 18.0 Å². The molecular formula is C10H16N4OS. The molecule has 0 bridgehead atoms. The number of nitrogens with two attached hydrogens (primary N) is 1. The third-order valence-electron chi connectivity index (χ3n) is 2.25. The number of aromatic nitrogens is 2. The SMILES string of the molecule is CC(C)N(CC(N)=S)C(=O)c1cncn1C. The predicted molar refractivity (Wildman–Crippen MR) is 66.2 cm³/mol. The standard InChI is InChI=1S/C10H16N4OS/c1-7(2)14(5-9(11)16)10(15)8-4-12-6-13(8)3/h4,6-7H,5H2,1-3H3,(H2,11,16). The molecule has 0 spiro atoms. The normalized spacial score (nSPS) is 10.5. The molecule has 0 atom stereocenters. The van der Waals surface area contributed by atoms with Gasteiger partial charge in [0.2, 0.25) is 0 Å². The number of imidazole rings is 1. The van der Waals surface area contributed by atoms with Gasteiger partial charge < -0.3 is 15.2 Å². The Morgan fingerprint density at radius 3 is 2.69 bits per heavy atom. The van der Waals surface area contributed by atoms with Crippen LogP contribution in [0.25, 0.3) is 0 Å². The monoisotopic (exact) mass is 240 g/mol. The maximum Gasteiger partial charge on any atom is 0.272 e. The summed E-state index contributed by atoms with van der Waals surface area (Å²) in [6.45, 7) is 4.14. The van der Waals surface area contributed by atoms with Gasteiger partial charge in [0.05, 0.1) is 24.1 Å². The summed E-state index contributed by atoms with van der Waals surface area (Å²) >= 11 is 4.83. The molecule has 88 valence electrons. The van der Waals surface area contributed by atoms with Crippen LogP contribution in [0.2, 0.25) is 0 Å².